The van der Waals surface area contributed by atoms with Gasteiger partial charge in [0, 0.05) is 0 Å². The fourth-order valence-corrected chi connectivity index (χ4v) is 2.25. The second-order valence-electron chi connectivity index (χ2n) is 5.74. The van der Waals surface area contributed by atoms with Crippen molar-refractivity contribution in [2.24, 2.45) is 5.73 Å². The minimum Gasteiger partial charge on any atom is -0.493 e. The molecule has 0 saturated heterocycles. The number of rotatable bonds is 10. The van der Waals surface area contributed by atoms with E-state index in [-0.39, 0.29) is 24.4 Å². The van der Waals surface area contributed by atoms with Crippen LogP contribution in [0.2, 0.25) is 0 Å². The number of hydrogen-bond acceptors (Lipinski definition) is 4. The van der Waals surface area contributed by atoms with Crippen molar-refractivity contribution in [2.75, 3.05) is 13.7 Å². The number of halogens is 1. The Morgan fingerprint density at radius 1 is 1.25 bits per heavy atom. The maximum Gasteiger partial charge on any atom is 0.237 e. The third-order valence-corrected chi connectivity index (χ3v) is 3.74. The lowest BCUT2D eigenvalue weighted by Crippen LogP contribution is -2.41. The third kappa shape index (κ3) is 6.97. The van der Waals surface area contributed by atoms with Crippen molar-refractivity contribution < 1.29 is 14.3 Å². The van der Waals surface area contributed by atoms with Crippen LogP contribution in [0.5, 0.6) is 11.5 Å². The van der Waals surface area contributed by atoms with Crippen LogP contribution in [0.3, 0.4) is 0 Å². The monoisotopic (exact) mass is 358 g/mol. The van der Waals surface area contributed by atoms with Crippen molar-refractivity contribution in [3.8, 4) is 11.5 Å². The van der Waals surface area contributed by atoms with Crippen LogP contribution in [0.4, 0.5) is 0 Å². The predicted molar refractivity (Wildman–Crippen MR) is 100 cm³/mol. The Labute approximate surface area is 151 Å². The van der Waals surface area contributed by atoms with Crippen LogP contribution in [0.15, 0.2) is 18.2 Å². The normalized spacial score (nSPS) is 12.7. The standard InChI is InChI=1S/C18H30N2O3.ClH/c1-5-7-11-23-16-10-9-14(12-17(16)22-4)13(3)20-18(21)15(19)8-6-2;/h9-10,12-13,15H,5-8,11,19H2,1-4H3,(H,20,21);1H. The zero-order valence-corrected chi connectivity index (χ0v) is 15.9. The molecule has 0 aromatic heterocycles. The first-order valence-corrected chi connectivity index (χ1v) is 8.40. The zero-order chi connectivity index (χ0) is 17.2. The lowest BCUT2D eigenvalue weighted by atomic mass is 10.1. The molecule has 1 rings (SSSR count). The Morgan fingerprint density at radius 2 is 1.96 bits per heavy atom. The minimum atomic E-state index is -0.457. The molecule has 0 bridgehead atoms. The Bertz CT molecular complexity index is 497. The number of nitrogens with one attached hydrogen (secondary N) is 1. The van der Waals surface area contributed by atoms with E-state index in [4.69, 9.17) is 15.2 Å². The quantitative estimate of drug-likeness (QED) is 0.627. The highest BCUT2D eigenvalue weighted by atomic mass is 35.5. The first-order valence-electron chi connectivity index (χ1n) is 8.40. The zero-order valence-electron chi connectivity index (χ0n) is 15.1. The van der Waals surface area contributed by atoms with Gasteiger partial charge in [-0.3, -0.25) is 4.79 Å². The topological polar surface area (TPSA) is 73.6 Å². The molecule has 5 nitrogen and oxygen atoms in total. The van der Waals surface area contributed by atoms with Gasteiger partial charge >= 0.3 is 0 Å². The number of amides is 1. The van der Waals surface area contributed by atoms with Crippen molar-refractivity contribution in [3.63, 3.8) is 0 Å². The molecule has 1 aromatic rings. The summed E-state index contributed by atoms with van der Waals surface area (Å²) in [5.41, 5.74) is 6.81. The van der Waals surface area contributed by atoms with Gasteiger partial charge in [-0.25, -0.2) is 0 Å². The minimum absolute atomic E-state index is 0. The van der Waals surface area contributed by atoms with Gasteiger partial charge in [-0.05, 0) is 37.5 Å². The Balaban J connectivity index is 0.00000529. The van der Waals surface area contributed by atoms with Gasteiger partial charge in [0.05, 0.1) is 25.8 Å². The van der Waals surface area contributed by atoms with Gasteiger partial charge in [-0.15, -0.1) is 12.4 Å². The smallest absolute Gasteiger partial charge is 0.237 e. The summed E-state index contributed by atoms with van der Waals surface area (Å²) in [4.78, 5) is 12.0. The average molecular weight is 359 g/mol. The Hall–Kier alpha value is -1.46. The molecule has 0 aliphatic rings. The van der Waals surface area contributed by atoms with Gasteiger partial charge in [0.1, 0.15) is 0 Å². The molecule has 138 valence electrons. The van der Waals surface area contributed by atoms with Crippen LogP contribution in [0.25, 0.3) is 0 Å². The molecule has 2 unspecified atom stereocenters. The number of unbranched alkanes of at least 4 members (excludes halogenated alkanes) is 1. The van der Waals surface area contributed by atoms with E-state index in [0.29, 0.717) is 18.8 Å². The van der Waals surface area contributed by atoms with Gasteiger partial charge in [0.25, 0.3) is 0 Å². The van der Waals surface area contributed by atoms with Gasteiger partial charge in [0.15, 0.2) is 11.5 Å². The molecule has 0 saturated carbocycles. The maximum atomic E-state index is 12.0. The van der Waals surface area contributed by atoms with E-state index in [1.165, 1.54) is 0 Å². The largest absolute Gasteiger partial charge is 0.493 e. The Kier molecular flexibility index (Phi) is 11.3. The second-order valence-corrected chi connectivity index (χ2v) is 5.74. The molecule has 0 fully saturated rings. The number of methoxy groups -OCH3 is 1. The van der Waals surface area contributed by atoms with E-state index in [1.807, 2.05) is 32.0 Å². The van der Waals surface area contributed by atoms with E-state index in [2.05, 4.69) is 12.2 Å². The molecule has 2 atom stereocenters. The molecule has 6 heteroatoms. The third-order valence-electron chi connectivity index (χ3n) is 3.74. The predicted octanol–water partition coefficient (Wildman–Crippen LogP) is 3.60. The van der Waals surface area contributed by atoms with E-state index < -0.39 is 6.04 Å². The number of nitrogens with two attached hydrogens (primary N) is 1. The van der Waals surface area contributed by atoms with Crippen molar-refractivity contribution in [3.05, 3.63) is 23.8 Å². The summed E-state index contributed by atoms with van der Waals surface area (Å²) in [6, 6.07) is 5.14. The summed E-state index contributed by atoms with van der Waals surface area (Å²) in [5, 5.41) is 2.94. The highest BCUT2D eigenvalue weighted by Crippen LogP contribution is 2.30. The van der Waals surface area contributed by atoms with Crippen LogP contribution in [0, 0.1) is 0 Å². The lowest BCUT2D eigenvalue weighted by Gasteiger charge is -2.19. The van der Waals surface area contributed by atoms with Crippen LogP contribution in [0.1, 0.15) is 58.1 Å². The summed E-state index contributed by atoms with van der Waals surface area (Å²) in [7, 11) is 1.62. The highest BCUT2D eigenvalue weighted by molar-refractivity contribution is 5.85. The van der Waals surface area contributed by atoms with Gasteiger partial charge in [-0.1, -0.05) is 32.8 Å². The Morgan fingerprint density at radius 3 is 2.54 bits per heavy atom. The van der Waals surface area contributed by atoms with E-state index in [1.54, 1.807) is 7.11 Å². The van der Waals surface area contributed by atoms with Gasteiger partial charge in [-0.2, -0.15) is 0 Å². The van der Waals surface area contributed by atoms with Crippen LogP contribution < -0.4 is 20.5 Å². The molecule has 1 aromatic carbocycles. The molecular weight excluding hydrogens is 328 g/mol. The fourth-order valence-electron chi connectivity index (χ4n) is 2.25. The van der Waals surface area contributed by atoms with Gasteiger partial charge < -0.3 is 20.5 Å². The highest BCUT2D eigenvalue weighted by Gasteiger charge is 2.17. The molecular formula is C18H31ClN2O3. The molecule has 3 N–H and O–H groups in total. The molecule has 1 amide bonds. The van der Waals surface area contributed by atoms with E-state index in [9.17, 15) is 4.79 Å². The maximum absolute atomic E-state index is 12.0. The van der Waals surface area contributed by atoms with Crippen LogP contribution in [-0.4, -0.2) is 25.7 Å². The van der Waals surface area contributed by atoms with Crippen molar-refractivity contribution in [1.29, 1.82) is 0 Å². The van der Waals surface area contributed by atoms with Crippen molar-refractivity contribution in [1.82, 2.24) is 5.32 Å². The fraction of sp³-hybridized carbons (Fsp3) is 0.611. The number of benzene rings is 1. The van der Waals surface area contributed by atoms with Gasteiger partial charge in [0.2, 0.25) is 5.91 Å². The molecule has 0 heterocycles. The first-order chi connectivity index (χ1) is 11.0. The summed E-state index contributed by atoms with van der Waals surface area (Å²) in [5.74, 6) is 1.28. The summed E-state index contributed by atoms with van der Waals surface area (Å²) >= 11 is 0. The summed E-state index contributed by atoms with van der Waals surface area (Å²) < 4.78 is 11.1. The number of ether oxygens (including phenoxy) is 2. The lowest BCUT2D eigenvalue weighted by molar-refractivity contribution is -0.123. The summed E-state index contributed by atoms with van der Waals surface area (Å²) in [6.45, 7) is 6.74. The van der Waals surface area contributed by atoms with Crippen molar-refractivity contribution >= 4 is 18.3 Å². The average Bonchev–Trinajstić information content (AvgIpc) is 2.55. The van der Waals surface area contributed by atoms with E-state index in [0.717, 1.165) is 30.6 Å². The second kappa shape index (κ2) is 12.0. The molecule has 0 radical (unpaired) electrons. The SMILES string of the molecule is CCCCOc1ccc(C(C)NC(=O)C(N)CCC)cc1OC.Cl. The number of carbonyl (C=O) groups excluding carboxylic acids is 1. The first kappa shape index (κ1) is 22.5. The number of hydrogen-bond donors (Lipinski definition) is 2. The van der Waals surface area contributed by atoms with Crippen LogP contribution >= 0.6 is 12.4 Å². The summed E-state index contributed by atoms with van der Waals surface area (Å²) in [6.07, 6.45) is 3.67. The molecule has 0 aliphatic heterocycles. The van der Waals surface area contributed by atoms with Crippen molar-refractivity contribution in [2.45, 2.75) is 58.5 Å². The molecule has 0 aliphatic carbocycles. The number of carbonyl (C=O) groups is 1. The van der Waals surface area contributed by atoms with E-state index >= 15 is 0 Å². The molecule has 24 heavy (non-hydrogen) atoms. The van der Waals surface area contributed by atoms with Crippen LogP contribution in [-0.2, 0) is 4.79 Å². The molecule has 0 spiro atoms.